The van der Waals surface area contributed by atoms with E-state index in [1.54, 1.807) is 22.3 Å². The molecule has 2 aromatic heterocycles. The van der Waals surface area contributed by atoms with Crippen molar-refractivity contribution >= 4 is 24.0 Å². The number of aromatic amines is 1. The summed E-state index contributed by atoms with van der Waals surface area (Å²) in [5.41, 5.74) is 5.45. The third-order valence-corrected chi connectivity index (χ3v) is 10.3. The van der Waals surface area contributed by atoms with Crippen LogP contribution < -0.4 is 10.6 Å². The first kappa shape index (κ1) is 38.1. The first-order valence-corrected chi connectivity index (χ1v) is 18.5. The molecule has 2 fully saturated rings. The van der Waals surface area contributed by atoms with Gasteiger partial charge in [-0.1, -0.05) is 76.2 Å². The maximum Gasteiger partial charge on any atom is 0.407 e. The topological polar surface area (TPSA) is 172 Å². The fraction of sp³-hybridized carbons (Fsp3) is 0.450. The van der Waals surface area contributed by atoms with Gasteiger partial charge in [0.25, 0.3) is 0 Å². The minimum absolute atomic E-state index is 0.107. The van der Waals surface area contributed by atoms with Crippen LogP contribution in [0.3, 0.4) is 0 Å². The Kier molecular flexibility index (Phi) is 11.7. The monoisotopic (exact) mass is 739 g/mol. The number of carbonyl (C=O) groups excluding carboxylic acids is 4. The van der Waals surface area contributed by atoms with Crippen molar-refractivity contribution in [3.8, 4) is 33.6 Å². The molecule has 4 amide bonds. The van der Waals surface area contributed by atoms with E-state index >= 15 is 0 Å². The molecule has 2 aliphatic heterocycles. The van der Waals surface area contributed by atoms with Gasteiger partial charge in [-0.15, -0.1) is 0 Å². The van der Waals surface area contributed by atoms with Gasteiger partial charge in [0.2, 0.25) is 17.7 Å². The Morgan fingerprint density at radius 3 is 1.74 bits per heavy atom. The predicted molar refractivity (Wildman–Crippen MR) is 201 cm³/mol. The number of methoxy groups -OCH3 is 2. The molecule has 4 aromatic rings. The van der Waals surface area contributed by atoms with Crippen molar-refractivity contribution in [2.45, 2.75) is 77.5 Å². The van der Waals surface area contributed by atoms with Crippen LogP contribution in [0.5, 0.6) is 0 Å². The third-order valence-electron chi connectivity index (χ3n) is 10.3. The van der Waals surface area contributed by atoms with Gasteiger partial charge in [-0.2, -0.15) is 0 Å². The summed E-state index contributed by atoms with van der Waals surface area (Å²) in [7, 11) is 2.56. The minimum Gasteiger partial charge on any atom is -0.453 e. The number of likely N-dealkylation sites (tertiary alicyclic amines) is 2. The second-order valence-corrected chi connectivity index (χ2v) is 14.5. The highest BCUT2D eigenvalue weighted by Crippen LogP contribution is 2.36. The van der Waals surface area contributed by atoms with Gasteiger partial charge in [0.05, 0.1) is 32.2 Å². The van der Waals surface area contributed by atoms with Crippen molar-refractivity contribution in [2.24, 2.45) is 11.8 Å². The Balaban J connectivity index is 1.11. The lowest BCUT2D eigenvalue weighted by Gasteiger charge is -2.30. The summed E-state index contributed by atoms with van der Waals surface area (Å²) in [6.07, 6.45) is 5.29. The Morgan fingerprint density at radius 2 is 1.22 bits per heavy atom. The first-order valence-electron chi connectivity index (χ1n) is 18.5. The van der Waals surface area contributed by atoms with Gasteiger partial charge in [-0.05, 0) is 54.2 Å². The Morgan fingerprint density at radius 1 is 0.741 bits per heavy atom. The van der Waals surface area contributed by atoms with E-state index in [9.17, 15) is 19.2 Å². The van der Waals surface area contributed by atoms with Crippen LogP contribution in [-0.4, -0.2) is 88.1 Å². The summed E-state index contributed by atoms with van der Waals surface area (Å²) < 4.78 is 15.4. The lowest BCUT2D eigenvalue weighted by Crippen LogP contribution is -2.51. The number of alkyl carbamates (subject to hydrolysis) is 2. The average molecular weight is 740 g/mol. The zero-order valence-corrected chi connectivity index (χ0v) is 31.6. The van der Waals surface area contributed by atoms with Crippen LogP contribution in [-0.2, 0) is 19.1 Å². The molecule has 2 aliphatic rings. The van der Waals surface area contributed by atoms with Crippen molar-refractivity contribution in [2.75, 3.05) is 27.3 Å². The van der Waals surface area contributed by atoms with Gasteiger partial charge in [0.15, 0.2) is 0 Å². The maximum atomic E-state index is 13.5. The van der Waals surface area contributed by atoms with Crippen LogP contribution in [0.1, 0.15) is 77.2 Å². The van der Waals surface area contributed by atoms with Crippen molar-refractivity contribution in [3.05, 3.63) is 72.7 Å². The second kappa shape index (κ2) is 16.6. The van der Waals surface area contributed by atoms with Crippen LogP contribution in [0.25, 0.3) is 33.6 Å². The van der Waals surface area contributed by atoms with Gasteiger partial charge in [-0.3, -0.25) is 9.59 Å². The highest BCUT2D eigenvalue weighted by atomic mass is 16.5. The number of amides is 4. The molecule has 0 aliphatic carbocycles. The molecule has 54 heavy (non-hydrogen) atoms. The van der Waals surface area contributed by atoms with Crippen LogP contribution in [0.2, 0.25) is 0 Å². The summed E-state index contributed by atoms with van der Waals surface area (Å²) in [4.78, 5) is 67.3. The molecule has 0 saturated carbocycles. The first-order chi connectivity index (χ1) is 26.0. The summed E-state index contributed by atoms with van der Waals surface area (Å²) in [5, 5.41) is 5.36. The SMILES string of the molecule is COC(=O)N[C@H](C(=O)N1CCC[C@H]1c1ncc(-c2ccc(-c3ccc(-c4coc([C@@H]5CCCN5C(=O)[C@@H](NC(=O)OC)C(C)C)n4)cc3)cc2)[nH]1)C(C)C. The molecule has 6 rings (SSSR count). The number of rotatable bonds is 11. The number of hydrogen-bond donors (Lipinski definition) is 3. The molecule has 0 bridgehead atoms. The number of imidazole rings is 1. The highest BCUT2D eigenvalue weighted by molar-refractivity contribution is 5.87. The Hall–Kier alpha value is -5.66. The molecular formula is C40H49N7O7. The van der Waals surface area contributed by atoms with E-state index < -0.39 is 24.3 Å². The molecule has 4 atom stereocenters. The largest absolute Gasteiger partial charge is 0.453 e. The number of nitrogens with one attached hydrogen (secondary N) is 3. The fourth-order valence-corrected chi connectivity index (χ4v) is 7.26. The summed E-state index contributed by atoms with van der Waals surface area (Å²) >= 11 is 0. The quantitative estimate of drug-likeness (QED) is 0.156. The number of H-pyrrole nitrogens is 1. The third kappa shape index (κ3) is 8.12. The summed E-state index contributed by atoms with van der Waals surface area (Å²) in [5.74, 6) is 0.633. The molecule has 0 unspecified atom stereocenters. The molecule has 286 valence electrons. The van der Waals surface area contributed by atoms with E-state index in [-0.39, 0.29) is 35.7 Å². The number of aromatic nitrogens is 3. The van der Waals surface area contributed by atoms with Gasteiger partial charge in [0.1, 0.15) is 35.9 Å². The molecule has 3 N–H and O–H groups in total. The van der Waals surface area contributed by atoms with Crippen molar-refractivity contribution in [3.63, 3.8) is 0 Å². The van der Waals surface area contributed by atoms with E-state index in [4.69, 9.17) is 18.9 Å². The fourth-order valence-electron chi connectivity index (χ4n) is 7.26. The highest BCUT2D eigenvalue weighted by Gasteiger charge is 2.39. The van der Waals surface area contributed by atoms with Crippen molar-refractivity contribution in [1.29, 1.82) is 0 Å². The van der Waals surface area contributed by atoms with E-state index in [2.05, 4.69) is 32.7 Å². The molecule has 0 radical (unpaired) electrons. The lowest BCUT2D eigenvalue weighted by molar-refractivity contribution is -0.136. The standard InChI is InChI=1S/C40H49N7O7/c1-23(2)33(44-39(50)52-5)37(48)46-19-7-9-31(46)35-41-21-29(42-35)27-15-11-25(12-16-27)26-13-17-28(18-14-26)30-22-54-36(43-30)32-10-8-20-47(32)38(49)34(24(3)4)45-40(51)53-6/h11-18,21-24,31-34H,7-10,19-20H2,1-6H3,(H,41,42)(H,44,50)(H,45,51)/t31-,32-,33-,34-/m0/s1. The summed E-state index contributed by atoms with van der Waals surface area (Å²) in [6, 6.07) is 14.3. The zero-order valence-electron chi connectivity index (χ0n) is 31.6. The van der Waals surface area contributed by atoms with Crippen molar-refractivity contribution < 1.29 is 33.1 Å². The van der Waals surface area contributed by atoms with Crippen LogP contribution in [0, 0.1) is 11.8 Å². The number of hydrogen-bond acceptors (Lipinski definition) is 9. The van der Waals surface area contributed by atoms with Crippen LogP contribution >= 0.6 is 0 Å². The average Bonchev–Trinajstić information content (AvgIpc) is 4.02. The van der Waals surface area contributed by atoms with E-state index in [1.165, 1.54) is 14.2 Å². The number of nitrogens with zero attached hydrogens (tertiary/aromatic N) is 4. The Labute approximate surface area is 315 Å². The van der Waals surface area contributed by atoms with E-state index in [0.717, 1.165) is 59.5 Å². The van der Waals surface area contributed by atoms with Gasteiger partial charge >= 0.3 is 12.2 Å². The smallest absolute Gasteiger partial charge is 0.407 e. The molecule has 4 heterocycles. The van der Waals surface area contributed by atoms with Gasteiger partial charge < -0.3 is 39.3 Å². The van der Waals surface area contributed by atoms with Crippen LogP contribution in [0.4, 0.5) is 9.59 Å². The molecule has 14 heteroatoms. The maximum absolute atomic E-state index is 13.5. The molecule has 2 saturated heterocycles. The molecule has 14 nitrogen and oxygen atoms in total. The van der Waals surface area contributed by atoms with E-state index in [1.807, 2.05) is 64.1 Å². The summed E-state index contributed by atoms with van der Waals surface area (Å²) in [6.45, 7) is 8.70. The predicted octanol–water partition coefficient (Wildman–Crippen LogP) is 6.49. The van der Waals surface area contributed by atoms with Crippen molar-refractivity contribution in [1.82, 2.24) is 35.4 Å². The Bertz CT molecular complexity index is 1800. The second-order valence-electron chi connectivity index (χ2n) is 14.5. The van der Waals surface area contributed by atoms with E-state index in [0.29, 0.717) is 24.7 Å². The normalized spacial score (nSPS) is 18.1. The lowest BCUT2D eigenvalue weighted by atomic mass is 10.0. The minimum atomic E-state index is -0.715. The van der Waals surface area contributed by atoms with Gasteiger partial charge in [0, 0.05) is 18.7 Å². The van der Waals surface area contributed by atoms with Crippen LogP contribution in [0.15, 0.2) is 65.4 Å². The number of benzene rings is 2. The zero-order chi connectivity index (χ0) is 38.5. The number of carbonyl (C=O) groups is 4. The number of ether oxygens (including phenoxy) is 2. The molecular weight excluding hydrogens is 690 g/mol. The molecule has 0 spiro atoms. The number of oxazole rings is 1. The van der Waals surface area contributed by atoms with Gasteiger partial charge in [-0.25, -0.2) is 19.6 Å². The molecule has 2 aromatic carbocycles.